The summed E-state index contributed by atoms with van der Waals surface area (Å²) in [6.07, 6.45) is 0. The number of rotatable bonds is 2. The second-order valence-electron chi connectivity index (χ2n) is 5.51. The highest BCUT2D eigenvalue weighted by Crippen LogP contribution is 2.34. The molecule has 0 N–H and O–H groups in total. The first-order chi connectivity index (χ1) is 11.2. The first-order valence-electron chi connectivity index (χ1n) is 7.28. The summed E-state index contributed by atoms with van der Waals surface area (Å²) in [5.74, 6) is -0.481. The zero-order valence-electron chi connectivity index (χ0n) is 12.1. The van der Waals surface area contributed by atoms with Crippen molar-refractivity contribution in [3.63, 3.8) is 0 Å². The highest BCUT2D eigenvalue weighted by molar-refractivity contribution is 9.10. The van der Waals surface area contributed by atoms with Crippen molar-refractivity contribution in [3.05, 3.63) is 81.8 Å². The molecule has 1 heterocycles. The van der Waals surface area contributed by atoms with Gasteiger partial charge in [0.25, 0.3) is 11.8 Å². The van der Waals surface area contributed by atoms with E-state index in [1.807, 2.05) is 48.5 Å². The van der Waals surface area contributed by atoms with Gasteiger partial charge in [0.1, 0.15) is 0 Å². The van der Waals surface area contributed by atoms with Crippen molar-refractivity contribution in [2.75, 3.05) is 0 Å². The van der Waals surface area contributed by atoms with Crippen LogP contribution in [0.4, 0.5) is 0 Å². The summed E-state index contributed by atoms with van der Waals surface area (Å²) in [7, 11) is 0. The summed E-state index contributed by atoms with van der Waals surface area (Å²) in [6.45, 7) is 0.282. The Morgan fingerprint density at radius 2 is 1.48 bits per heavy atom. The number of hydrogen-bond donors (Lipinski definition) is 0. The molecule has 1 aliphatic heterocycles. The van der Waals surface area contributed by atoms with Gasteiger partial charge in [-0.05, 0) is 29.1 Å². The predicted octanol–water partition coefficient (Wildman–Crippen LogP) is 4.40. The first kappa shape index (κ1) is 14.2. The summed E-state index contributed by atoms with van der Waals surface area (Å²) >= 11 is 3.49. The third kappa shape index (κ3) is 2.18. The minimum absolute atomic E-state index is 0.241. The van der Waals surface area contributed by atoms with E-state index in [9.17, 15) is 9.59 Å². The Labute approximate surface area is 141 Å². The van der Waals surface area contributed by atoms with Crippen LogP contribution in [0.25, 0.3) is 10.8 Å². The van der Waals surface area contributed by atoms with Gasteiger partial charge in [-0.15, -0.1) is 0 Å². The van der Waals surface area contributed by atoms with Crippen LogP contribution >= 0.6 is 15.9 Å². The monoisotopic (exact) mass is 365 g/mol. The van der Waals surface area contributed by atoms with E-state index < -0.39 is 0 Å². The number of carbonyl (C=O) groups excluding carboxylic acids is 2. The standard InChI is InChI=1S/C19H12BrNO2/c20-16-10-9-15-17-13(16)7-4-8-14(17)18(22)21(19(15)23)11-12-5-2-1-3-6-12/h1-10H,11H2. The average Bonchev–Trinajstić information content (AvgIpc) is 2.59. The van der Waals surface area contributed by atoms with Crippen molar-refractivity contribution >= 4 is 38.5 Å². The largest absolute Gasteiger partial charge is 0.270 e. The quantitative estimate of drug-likeness (QED) is 0.631. The zero-order valence-corrected chi connectivity index (χ0v) is 13.7. The molecule has 0 saturated heterocycles. The minimum atomic E-state index is -0.241. The number of carbonyl (C=O) groups is 2. The Kier molecular flexibility index (Phi) is 3.27. The predicted molar refractivity (Wildman–Crippen MR) is 92.3 cm³/mol. The molecule has 0 bridgehead atoms. The van der Waals surface area contributed by atoms with Crippen LogP contribution in [0.15, 0.2) is 65.1 Å². The fourth-order valence-electron chi connectivity index (χ4n) is 3.02. The molecule has 23 heavy (non-hydrogen) atoms. The molecule has 1 aliphatic rings. The summed E-state index contributed by atoms with van der Waals surface area (Å²) in [6, 6.07) is 18.7. The van der Waals surface area contributed by atoms with Crippen LogP contribution in [0, 0.1) is 0 Å². The molecule has 3 nitrogen and oxygen atoms in total. The minimum Gasteiger partial charge on any atom is -0.270 e. The second-order valence-corrected chi connectivity index (χ2v) is 6.36. The third-order valence-corrected chi connectivity index (χ3v) is 4.81. The Balaban J connectivity index is 1.87. The van der Waals surface area contributed by atoms with Crippen molar-refractivity contribution in [3.8, 4) is 0 Å². The first-order valence-corrected chi connectivity index (χ1v) is 8.07. The van der Waals surface area contributed by atoms with Crippen LogP contribution < -0.4 is 0 Å². The number of benzene rings is 3. The number of halogens is 1. The summed E-state index contributed by atoms with van der Waals surface area (Å²) < 4.78 is 0.884. The number of amides is 2. The lowest BCUT2D eigenvalue weighted by Gasteiger charge is -2.27. The number of nitrogens with zero attached hydrogens (tertiary/aromatic N) is 1. The zero-order chi connectivity index (χ0) is 16.0. The Hall–Kier alpha value is -2.46. The van der Waals surface area contributed by atoms with Crippen LogP contribution in [0.5, 0.6) is 0 Å². The van der Waals surface area contributed by atoms with Crippen LogP contribution in [0.2, 0.25) is 0 Å². The van der Waals surface area contributed by atoms with Gasteiger partial charge in [0, 0.05) is 21.0 Å². The second kappa shape index (κ2) is 5.32. The molecule has 0 unspecified atom stereocenters. The van der Waals surface area contributed by atoms with E-state index >= 15 is 0 Å². The van der Waals surface area contributed by atoms with Crippen LogP contribution in [-0.2, 0) is 6.54 Å². The van der Waals surface area contributed by atoms with Gasteiger partial charge in [-0.25, -0.2) is 0 Å². The van der Waals surface area contributed by atoms with Crippen molar-refractivity contribution in [1.82, 2.24) is 4.90 Å². The smallest absolute Gasteiger partial charge is 0.261 e. The maximum absolute atomic E-state index is 12.8. The van der Waals surface area contributed by atoms with Crippen LogP contribution in [0.1, 0.15) is 26.3 Å². The van der Waals surface area contributed by atoms with E-state index in [0.29, 0.717) is 11.1 Å². The number of imide groups is 1. The third-order valence-electron chi connectivity index (χ3n) is 4.12. The Bertz CT molecular complexity index is 928. The Morgan fingerprint density at radius 1 is 0.783 bits per heavy atom. The van der Waals surface area contributed by atoms with Gasteiger partial charge in [0.05, 0.1) is 6.54 Å². The van der Waals surface area contributed by atoms with E-state index in [1.165, 1.54) is 4.90 Å². The molecule has 3 aromatic rings. The molecule has 112 valence electrons. The molecular weight excluding hydrogens is 354 g/mol. The topological polar surface area (TPSA) is 37.4 Å². The molecule has 0 fully saturated rings. The van der Waals surface area contributed by atoms with Gasteiger partial charge in [-0.2, -0.15) is 0 Å². The summed E-state index contributed by atoms with van der Waals surface area (Å²) in [5, 5.41) is 1.63. The van der Waals surface area contributed by atoms with Gasteiger partial charge in [0.2, 0.25) is 0 Å². The van der Waals surface area contributed by atoms with E-state index in [0.717, 1.165) is 20.8 Å². The molecular formula is C19H12BrNO2. The SMILES string of the molecule is O=C1c2cccc3c(Br)ccc(c23)C(=O)N1Cc1ccccc1. The fourth-order valence-corrected chi connectivity index (χ4v) is 3.48. The number of hydrogen-bond acceptors (Lipinski definition) is 2. The van der Waals surface area contributed by atoms with Crippen molar-refractivity contribution < 1.29 is 9.59 Å². The molecule has 0 radical (unpaired) electrons. The molecule has 4 rings (SSSR count). The molecule has 0 atom stereocenters. The van der Waals surface area contributed by atoms with E-state index in [-0.39, 0.29) is 18.4 Å². The highest BCUT2D eigenvalue weighted by Gasteiger charge is 2.33. The van der Waals surface area contributed by atoms with Crippen molar-refractivity contribution in [1.29, 1.82) is 0 Å². The molecule has 0 aromatic heterocycles. The lowest BCUT2D eigenvalue weighted by molar-refractivity contribution is 0.0598. The van der Waals surface area contributed by atoms with Crippen molar-refractivity contribution in [2.24, 2.45) is 0 Å². The van der Waals surface area contributed by atoms with Gasteiger partial charge in [-0.1, -0.05) is 58.4 Å². The van der Waals surface area contributed by atoms with E-state index in [1.54, 1.807) is 12.1 Å². The summed E-state index contributed by atoms with van der Waals surface area (Å²) in [5.41, 5.74) is 2.09. The normalized spacial score (nSPS) is 13.7. The van der Waals surface area contributed by atoms with Gasteiger partial charge >= 0.3 is 0 Å². The molecule has 2 amide bonds. The highest BCUT2D eigenvalue weighted by atomic mass is 79.9. The van der Waals surface area contributed by atoms with E-state index in [2.05, 4.69) is 15.9 Å². The Morgan fingerprint density at radius 3 is 2.22 bits per heavy atom. The van der Waals surface area contributed by atoms with E-state index in [4.69, 9.17) is 0 Å². The maximum Gasteiger partial charge on any atom is 0.261 e. The molecule has 0 spiro atoms. The van der Waals surface area contributed by atoms with Crippen LogP contribution in [0.3, 0.4) is 0 Å². The van der Waals surface area contributed by atoms with Crippen LogP contribution in [-0.4, -0.2) is 16.7 Å². The maximum atomic E-state index is 12.8. The molecule has 0 saturated carbocycles. The lowest BCUT2D eigenvalue weighted by atomic mass is 9.94. The molecule has 4 heteroatoms. The average molecular weight is 366 g/mol. The van der Waals surface area contributed by atoms with Gasteiger partial charge < -0.3 is 0 Å². The molecule has 0 aliphatic carbocycles. The fraction of sp³-hybridized carbons (Fsp3) is 0.0526. The lowest BCUT2D eigenvalue weighted by Crippen LogP contribution is -2.39. The van der Waals surface area contributed by atoms with Crippen molar-refractivity contribution in [2.45, 2.75) is 6.54 Å². The molecule has 3 aromatic carbocycles. The van der Waals surface area contributed by atoms with Gasteiger partial charge in [-0.3, -0.25) is 14.5 Å². The van der Waals surface area contributed by atoms with Gasteiger partial charge in [0.15, 0.2) is 0 Å². The summed E-state index contributed by atoms with van der Waals surface area (Å²) in [4.78, 5) is 27.0.